The second-order valence-corrected chi connectivity index (χ2v) is 12.0. The molecule has 0 aliphatic heterocycles. The number of urea groups is 2. The molecule has 38 heavy (non-hydrogen) atoms. The van der Waals surface area contributed by atoms with E-state index in [1.807, 2.05) is 24.3 Å². The summed E-state index contributed by atoms with van der Waals surface area (Å²) in [6.07, 6.45) is 9.22. The quantitative estimate of drug-likeness (QED) is 0.237. The summed E-state index contributed by atoms with van der Waals surface area (Å²) in [6, 6.07) is 11.9. The number of halogens is 4. The van der Waals surface area contributed by atoms with E-state index in [2.05, 4.69) is 97.1 Å². The van der Waals surface area contributed by atoms with Crippen molar-refractivity contribution in [2.45, 2.75) is 51.4 Å². The van der Waals surface area contributed by atoms with E-state index in [9.17, 15) is 9.59 Å². The summed E-state index contributed by atoms with van der Waals surface area (Å²) in [6.45, 7) is 0.929. The molecule has 2 aliphatic carbocycles. The van der Waals surface area contributed by atoms with Gasteiger partial charge in [0.1, 0.15) is 0 Å². The third-order valence-electron chi connectivity index (χ3n) is 6.36. The van der Waals surface area contributed by atoms with Crippen LogP contribution < -0.4 is 21.3 Å². The van der Waals surface area contributed by atoms with Gasteiger partial charge in [-0.25, -0.2) is 9.59 Å². The average molecular weight is 776 g/mol. The summed E-state index contributed by atoms with van der Waals surface area (Å²) >= 11 is 13.0. The minimum atomic E-state index is -0.176. The van der Waals surface area contributed by atoms with Crippen LogP contribution in [0.4, 0.5) is 21.0 Å². The first kappa shape index (κ1) is 30.9. The molecular weight excluding hydrogens is 744 g/mol. The fourth-order valence-corrected chi connectivity index (χ4v) is 5.14. The molecule has 0 aromatic heterocycles. The molecule has 10 heteroatoms. The lowest BCUT2D eigenvalue weighted by molar-refractivity contribution is 0.252. The van der Waals surface area contributed by atoms with Crippen LogP contribution >= 0.6 is 63.7 Å². The summed E-state index contributed by atoms with van der Waals surface area (Å²) in [5.74, 6) is 0. The molecule has 0 saturated carbocycles. The Bertz CT molecular complexity index is 1090. The molecule has 204 valence electrons. The fourth-order valence-electron chi connectivity index (χ4n) is 4.54. The summed E-state index contributed by atoms with van der Waals surface area (Å²) in [4.78, 5) is 27.1. The van der Waals surface area contributed by atoms with E-state index in [1.54, 1.807) is 9.97 Å². The second kappa shape index (κ2) is 16.5. The molecule has 2 aromatic rings. The number of fused-ring (bicyclic) bond motifs is 2. The highest BCUT2D eigenvalue weighted by atomic mass is 79.9. The zero-order chi connectivity index (χ0) is 27.3. The minimum Gasteiger partial charge on any atom is -0.333 e. The van der Waals surface area contributed by atoms with Crippen LogP contribution in [0.2, 0.25) is 0 Å². The maximum absolute atomic E-state index is 11.8. The van der Waals surface area contributed by atoms with Gasteiger partial charge in [0.25, 0.3) is 0 Å². The number of nitrogens with one attached hydrogen (secondary N) is 4. The standard InChI is InChI=1S/2C14H16Br2N2O/c2*15-8-11(16)9-17-14(19)18-13-7-3-5-10-4-1-2-6-12(10)13/h2*3,5,7-8H,1-2,4,6,9H2,(H2,17,18,19)/b2*11-8-. The van der Waals surface area contributed by atoms with Gasteiger partial charge < -0.3 is 21.3 Å². The Hall–Kier alpha value is -1.62. The number of benzene rings is 2. The number of amides is 4. The first-order valence-electron chi connectivity index (χ1n) is 12.6. The lowest BCUT2D eigenvalue weighted by Gasteiger charge is -2.19. The van der Waals surface area contributed by atoms with Crippen molar-refractivity contribution in [2.24, 2.45) is 0 Å². The average Bonchev–Trinajstić information content (AvgIpc) is 2.95. The van der Waals surface area contributed by atoms with E-state index < -0.39 is 0 Å². The molecule has 0 saturated heterocycles. The van der Waals surface area contributed by atoms with Gasteiger partial charge in [0.05, 0.1) is 13.1 Å². The number of hydrogen-bond donors (Lipinski definition) is 4. The van der Waals surface area contributed by atoms with E-state index in [0.29, 0.717) is 13.1 Å². The second-order valence-electron chi connectivity index (χ2n) is 9.03. The topological polar surface area (TPSA) is 82.3 Å². The van der Waals surface area contributed by atoms with Crippen molar-refractivity contribution in [1.82, 2.24) is 10.6 Å². The number of rotatable bonds is 6. The molecule has 6 nitrogen and oxygen atoms in total. The SMILES string of the molecule is O=C(NC/C(Br)=C/Br)Nc1cccc2c1CCCC2.O=C(NC/C(Br)=C/Br)Nc1cccc2c1CCCC2. The summed E-state index contributed by atoms with van der Waals surface area (Å²) in [7, 11) is 0. The van der Waals surface area contributed by atoms with E-state index in [4.69, 9.17) is 0 Å². The van der Waals surface area contributed by atoms with Gasteiger partial charge in [-0.15, -0.1) is 0 Å². The predicted octanol–water partition coefficient (Wildman–Crippen LogP) is 8.64. The highest BCUT2D eigenvalue weighted by Crippen LogP contribution is 2.28. The van der Waals surface area contributed by atoms with Crippen LogP contribution in [0.5, 0.6) is 0 Å². The summed E-state index contributed by atoms with van der Waals surface area (Å²) in [5, 5.41) is 11.5. The molecule has 2 aromatic carbocycles. The van der Waals surface area contributed by atoms with Crippen LogP contribution in [0.15, 0.2) is 55.3 Å². The van der Waals surface area contributed by atoms with Gasteiger partial charge in [0, 0.05) is 20.3 Å². The van der Waals surface area contributed by atoms with E-state index in [1.165, 1.54) is 47.9 Å². The predicted molar refractivity (Wildman–Crippen MR) is 172 cm³/mol. The molecule has 0 spiro atoms. The smallest absolute Gasteiger partial charge is 0.319 e. The number of aryl methyl sites for hydroxylation is 2. The number of anilines is 2. The van der Waals surface area contributed by atoms with Gasteiger partial charge in [-0.3, -0.25) is 0 Å². The van der Waals surface area contributed by atoms with Gasteiger partial charge in [0.2, 0.25) is 0 Å². The molecule has 4 N–H and O–H groups in total. The van der Waals surface area contributed by atoms with Crippen molar-refractivity contribution < 1.29 is 9.59 Å². The zero-order valence-electron chi connectivity index (χ0n) is 21.0. The van der Waals surface area contributed by atoms with E-state index in [0.717, 1.165) is 46.0 Å². The van der Waals surface area contributed by atoms with Crippen molar-refractivity contribution in [3.05, 3.63) is 77.6 Å². The molecule has 0 bridgehead atoms. The van der Waals surface area contributed by atoms with Gasteiger partial charge >= 0.3 is 12.1 Å². The number of carbonyl (C=O) groups is 2. The molecular formula is C28H32Br4N4O2. The highest BCUT2D eigenvalue weighted by molar-refractivity contribution is 9.14. The molecule has 4 amide bonds. The molecule has 0 heterocycles. The zero-order valence-corrected chi connectivity index (χ0v) is 27.4. The first-order chi connectivity index (χ1) is 18.4. The van der Waals surface area contributed by atoms with Crippen LogP contribution in [0.25, 0.3) is 0 Å². The van der Waals surface area contributed by atoms with Crippen LogP contribution in [0.1, 0.15) is 47.9 Å². The minimum absolute atomic E-state index is 0.176. The van der Waals surface area contributed by atoms with Gasteiger partial charge in [-0.05, 0) is 95.7 Å². The van der Waals surface area contributed by atoms with Crippen molar-refractivity contribution in [2.75, 3.05) is 23.7 Å². The maximum atomic E-state index is 11.8. The maximum Gasteiger partial charge on any atom is 0.319 e. The van der Waals surface area contributed by atoms with Crippen LogP contribution in [0.3, 0.4) is 0 Å². The van der Waals surface area contributed by atoms with Crippen molar-refractivity contribution in [3.8, 4) is 0 Å². The lowest BCUT2D eigenvalue weighted by Crippen LogP contribution is -2.30. The first-order valence-corrected chi connectivity index (χ1v) is 16.0. The lowest BCUT2D eigenvalue weighted by atomic mass is 9.90. The van der Waals surface area contributed by atoms with E-state index >= 15 is 0 Å². The third kappa shape index (κ3) is 9.84. The molecule has 0 radical (unpaired) electrons. The normalized spacial score (nSPS) is 14.7. The van der Waals surface area contributed by atoms with Crippen molar-refractivity contribution in [1.29, 1.82) is 0 Å². The Labute approximate surface area is 258 Å². The highest BCUT2D eigenvalue weighted by Gasteiger charge is 2.15. The van der Waals surface area contributed by atoms with Crippen molar-refractivity contribution >= 4 is 87.2 Å². The Balaban J connectivity index is 0.000000211. The van der Waals surface area contributed by atoms with Crippen LogP contribution in [0, 0.1) is 0 Å². The Morgan fingerprint density at radius 2 is 1.05 bits per heavy atom. The molecule has 0 atom stereocenters. The summed E-state index contributed by atoms with van der Waals surface area (Å²) in [5.41, 5.74) is 7.19. The number of hydrogen-bond acceptors (Lipinski definition) is 2. The van der Waals surface area contributed by atoms with E-state index in [-0.39, 0.29) is 12.1 Å². The number of carbonyl (C=O) groups excluding carboxylic acids is 2. The van der Waals surface area contributed by atoms with Crippen molar-refractivity contribution in [3.63, 3.8) is 0 Å². The fraction of sp³-hybridized carbons (Fsp3) is 0.357. The van der Waals surface area contributed by atoms with Gasteiger partial charge in [-0.1, -0.05) is 88.0 Å². The largest absolute Gasteiger partial charge is 0.333 e. The third-order valence-corrected chi connectivity index (χ3v) is 9.71. The van der Waals surface area contributed by atoms with Crippen LogP contribution in [-0.4, -0.2) is 25.2 Å². The van der Waals surface area contributed by atoms with Crippen LogP contribution in [-0.2, 0) is 25.7 Å². The molecule has 2 aliphatic rings. The van der Waals surface area contributed by atoms with Gasteiger partial charge in [-0.2, -0.15) is 0 Å². The molecule has 4 rings (SSSR count). The monoisotopic (exact) mass is 772 g/mol. The Kier molecular flexibility index (Phi) is 13.4. The molecule has 0 fully saturated rings. The van der Waals surface area contributed by atoms with Gasteiger partial charge in [0.15, 0.2) is 0 Å². The Morgan fingerprint density at radius 1 is 0.658 bits per heavy atom. The summed E-state index contributed by atoms with van der Waals surface area (Å²) < 4.78 is 1.77. The molecule has 0 unspecified atom stereocenters. The Morgan fingerprint density at radius 3 is 1.45 bits per heavy atom.